The standard InChI is InChI=1S/C12H10BrN5O/c1-18-10(14)8(6-15-18)12-16-11(17-19-12)7-4-2-3-5-9(7)13/h2-6H,14H2,1H3. The number of benzene rings is 1. The van der Waals surface area contributed by atoms with E-state index in [1.807, 2.05) is 24.3 Å². The lowest BCUT2D eigenvalue weighted by atomic mass is 10.2. The Morgan fingerprint density at radius 1 is 1.26 bits per heavy atom. The van der Waals surface area contributed by atoms with E-state index in [1.165, 1.54) is 0 Å². The van der Waals surface area contributed by atoms with Gasteiger partial charge in [0.2, 0.25) is 5.82 Å². The number of hydrogen-bond acceptors (Lipinski definition) is 5. The predicted octanol–water partition coefficient (Wildman–Crippen LogP) is 2.48. The van der Waals surface area contributed by atoms with Gasteiger partial charge in [-0.1, -0.05) is 33.2 Å². The van der Waals surface area contributed by atoms with E-state index in [4.69, 9.17) is 10.3 Å². The summed E-state index contributed by atoms with van der Waals surface area (Å²) in [4.78, 5) is 4.34. The molecule has 0 spiro atoms. The van der Waals surface area contributed by atoms with Crippen LogP contribution in [0.15, 0.2) is 39.5 Å². The number of nitrogen functional groups attached to an aromatic ring is 1. The summed E-state index contributed by atoms with van der Waals surface area (Å²) in [5, 5.41) is 8.01. The Balaban J connectivity index is 2.05. The highest BCUT2D eigenvalue weighted by atomic mass is 79.9. The molecule has 0 atom stereocenters. The maximum absolute atomic E-state index is 5.88. The number of anilines is 1. The van der Waals surface area contributed by atoms with Gasteiger partial charge in [-0.25, -0.2) is 0 Å². The number of rotatable bonds is 2. The molecule has 1 aromatic carbocycles. The van der Waals surface area contributed by atoms with E-state index in [1.54, 1.807) is 17.9 Å². The highest BCUT2D eigenvalue weighted by Crippen LogP contribution is 2.29. The van der Waals surface area contributed by atoms with Gasteiger partial charge in [0.05, 0.1) is 6.20 Å². The van der Waals surface area contributed by atoms with E-state index < -0.39 is 0 Å². The largest absolute Gasteiger partial charge is 0.383 e. The van der Waals surface area contributed by atoms with Crippen molar-refractivity contribution in [2.75, 3.05) is 5.73 Å². The molecule has 0 unspecified atom stereocenters. The molecule has 2 aromatic heterocycles. The maximum Gasteiger partial charge on any atom is 0.263 e. The Kier molecular flexibility index (Phi) is 2.83. The average Bonchev–Trinajstić information content (AvgIpc) is 2.99. The minimum Gasteiger partial charge on any atom is -0.383 e. The molecule has 3 rings (SSSR count). The van der Waals surface area contributed by atoms with Gasteiger partial charge in [-0.3, -0.25) is 4.68 Å². The highest BCUT2D eigenvalue weighted by molar-refractivity contribution is 9.10. The van der Waals surface area contributed by atoms with Crippen LogP contribution in [0.2, 0.25) is 0 Å². The van der Waals surface area contributed by atoms with E-state index in [0.29, 0.717) is 23.1 Å². The predicted molar refractivity (Wildman–Crippen MR) is 74.0 cm³/mol. The molecule has 0 aliphatic carbocycles. The minimum absolute atomic E-state index is 0.358. The zero-order chi connectivity index (χ0) is 13.4. The zero-order valence-corrected chi connectivity index (χ0v) is 11.6. The van der Waals surface area contributed by atoms with E-state index >= 15 is 0 Å². The van der Waals surface area contributed by atoms with Gasteiger partial charge in [0, 0.05) is 17.1 Å². The molecule has 0 aliphatic rings. The number of hydrogen-bond donors (Lipinski definition) is 1. The van der Waals surface area contributed by atoms with Crippen molar-refractivity contribution in [3.63, 3.8) is 0 Å². The summed E-state index contributed by atoms with van der Waals surface area (Å²) in [5.74, 6) is 1.35. The molecule has 19 heavy (non-hydrogen) atoms. The topological polar surface area (TPSA) is 82.8 Å². The first-order chi connectivity index (χ1) is 9.16. The van der Waals surface area contributed by atoms with Crippen LogP contribution in [0.25, 0.3) is 22.8 Å². The summed E-state index contributed by atoms with van der Waals surface area (Å²) in [6.07, 6.45) is 1.60. The van der Waals surface area contributed by atoms with Crippen LogP contribution in [-0.2, 0) is 7.05 Å². The van der Waals surface area contributed by atoms with Crippen molar-refractivity contribution < 1.29 is 4.52 Å². The first kappa shape index (κ1) is 11.9. The summed E-state index contributed by atoms with van der Waals surface area (Å²) >= 11 is 3.45. The minimum atomic E-state index is 0.358. The van der Waals surface area contributed by atoms with Gasteiger partial charge < -0.3 is 10.3 Å². The first-order valence-electron chi connectivity index (χ1n) is 5.53. The summed E-state index contributed by atoms with van der Waals surface area (Å²) < 4.78 is 7.70. The van der Waals surface area contributed by atoms with Crippen LogP contribution < -0.4 is 5.73 Å². The van der Waals surface area contributed by atoms with Crippen LogP contribution in [0.5, 0.6) is 0 Å². The molecule has 0 aliphatic heterocycles. The van der Waals surface area contributed by atoms with Gasteiger partial charge in [0.1, 0.15) is 11.4 Å². The van der Waals surface area contributed by atoms with Crippen LogP contribution in [-0.4, -0.2) is 19.9 Å². The quantitative estimate of drug-likeness (QED) is 0.784. The molecule has 0 radical (unpaired) electrons. The second-order valence-corrected chi connectivity index (χ2v) is 4.82. The summed E-state index contributed by atoms with van der Waals surface area (Å²) in [7, 11) is 1.75. The molecule has 0 amide bonds. The lowest BCUT2D eigenvalue weighted by molar-refractivity contribution is 0.432. The Hall–Kier alpha value is -2.15. The van der Waals surface area contributed by atoms with Crippen LogP contribution >= 0.6 is 15.9 Å². The molecule has 2 N–H and O–H groups in total. The fourth-order valence-electron chi connectivity index (χ4n) is 1.70. The van der Waals surface area contributed by atoms with Gasteiger partial charge in [-0.05, 0) is 12.1 Å². The van der Waals surface area contributed by atoms with E-state index in [0.717, 1.165) is 10.0 Å². The second kappa shape index (κ2) is 4.51. The Labute approximate surface area is 117 Å². The van der Waals surface area contributed by atoms with Crippen molar-refractivity contribution in [1.82, 2.24) is 19.9 Å². The van der Waals surface area contributed by atoms with Gasteiger partial charge in [0.25, 0.3) is 5.89 Å². The number of halogens is 1. The lowest BCUT2D eigenvalue weighted by Crippen LogP contribution is -1.98. The van der Waals surface area contributed by atoms with Gasteiger partial charge in [-0.2, -0.15) is 10.1 Å². The normalized spacial score (nSPS) is 10.8. The number of nitrogens with zero attached hydrogens (tertiary/aromatic N) is 4. The lowest BCUT2D eigenvalue weighted by Gasteiger charge is -1.96. The Morgan fingerprint density at radius 3 is 2.74 bits per heavy atom. The van der Waals surface area contributed by atoms with Crippen molar-refractivity contribution in [1.29, 1.82) is 0 Å². The number of nitrogens with two attached hydrogens (primary N) is 1. The molecular formula is C12H10BrN5O. The van der Waals surface area contributed by atoms with Gasteiger partial charge in [-0.15, -0.1) is 0 Å². The SMILES string of the molecule is Cn1ncc(-c2nc(-c3ccccc3Br)no2)c1N. The smallest absolute Gasteiger partial charge is 0.263 e. The van der Waals surface area contributed by atoms with Crippen molar-refractivity contribution in [3.05, 3.63) is 34.9 Å². The third-order valence-electron chi connectivity index (χ3n) is 2.76. The fourth-order valence-corrected chi connectivity index (χ4v) is 2.16. The fraction of sp³-hybridized carbons (Fsp3) is 0.0833. The molecule has 0 saturated carbocycles. The molecule has 7 heteroatoms. The molecular weight excluding hydrogens is 310 g/mol. The van der Waals surface area contributed by atoms with Crippen molar-refractivity contribution >= 4 is 21.7 Å². The number of aryl methyl sites for hydroxylation is 1. The van der Waals surface area contributed by atoms with Crippen molar-refractivity contribution in [2.45, 2.75) is 0 Å². The molecule has 6 nitrogen and oxygen atoms in total. The van der Waals surface area contributed by atoms with E-state index in [2.05, 4.69) is 31.2 Å². The van der Waals surface area contributed by atoms with Crippen LogP contribution in [0.4, 0.5) is 5.82 Å². The first-order valence-corrected chi connectivity index (χ1v) is 6.32. The highest BCUT2D eigenvalue weighted by Gasteiger charge is 2.16. The third-order valence-corrected chi connectivity index (χ3v) is 3.45. The average molecular weight is 320 g/mol. The molecule has 0 bridgehead atoms. The van der Waals surface area contributed by atoms with Crippen LogP contribution in [0.1, 0.15) is 0 Å². The molecule has 2 heterocycles. The van der Waals surface area contributed by atoms with Gasteiger partial charge in [0.15, 0.2) is 0 Å². The molecule has 96 valence electrons. The van der Waals surface area contributed by atoms with E-state index in [-0.39, 0.29) is 0 Å². The van der Waals surface area contributed by atoms with Crippen molar-refractivity contribution in [3.8, 4) is 22.8 Å². The van der Waals surface area contributed by atoms with Crippen LogP contribution in [0.3, 0.4) is 0 Å². The molecule has 0 saturated heterocycles. The van der Waals surface area contributed by atoms with Crippen molar-refractivity contribution in [2.24, 2.45) is 7.05 Å². The maximum atomic E-state index is 5.88. The summed E-state index contributed by atoms with van der Waals surface area (Å²) in [5.41, 5.74) is 7.37. The van der Waals surface area contributed by atoms with E-state index in [9.17, 15) is 0 Å². The monoisotopic (exact) mass is 319 g/mol. The Morgan fingerprint density at radius 2 is 2.05 bits per heavy atom. The summed E-state index contributed by atoms with van der Waals surface area (Å²) in [6.45, 7) is 0. The third kappa shape index (κ3) is 2.01. The molecule has 3 aromatic rings. The van der Waals surface area contributed by atoms with Gasteiger partial charge >= 0.3 is 0 Å². The van der Waals surface area contributed by atoms with Crippen LogP contribution in [0, 0.1) is 0 Å². The Bertz CT molecular complexity index is 733. The second-order valence-electron chi connectivity index (χ2n) is 3.97. The zero-order valence-electron chi connectivity index (χ0n) is 10.0. The number of aromatic nitrogens is 4. The molecule has 0 fully saturated rings. The summed E-state index contributed by atoms with van der Waals surface area (Å²) in [6, 6.07) is 7.66.